The molecule has 1 unspecified atom stereocenters. The second kappa shape index (κ2) is 4.07. The molecule has 1 atom stereocenters. The fourth-order valence-corrected chi connectivity index (χ4v) is 5.17. The molecule has 0 aromatic heterocycles. The van der Waals surface area contributed by atoms with Gasteiger partial charge < -0.3 is 0 Å². The van der Waals surface area contributed by atoms with Crippen LogP contribution in [0.25, 0.3) is 6.08 Å². The molecule has 71 valence electrons. The van der Waals surface area contributed by atoms with Crippen LogP contribution in [0.15, 0.2) is 29.8 Å². The molecule has 1 aromatic rings. The van der Waals surface area contributed by atoms with Gasteiger partial charge in [-0.3, -0.25) is 0 Å². The first-order valence-corrected chi connectivity index (χ1v) is 7.67. The zero-order valence-electron chi connectivity index (χ0n) is 8.96. The molecule has 0 radical (unpaired) electrons. The summed E-state index contributed by atoms with van der Waals surface area (Å²) in [6.07, 6.45) is 2.36. The summed E-state index contributed by atoms with van der Waals surface area (Å²) in [7, 11) is 0. The topological polar surface area (TPSA) is 0 Å². The van der Waals surface area contributed by atoms with Crippen LogP contribution in [0.4, 0.5) is 0 Å². The van der Waals surface area contributed by atoms with E-state index in [2.05, 4.69) is 51.1 Å². The summed E-state index contributed by atoms with van der Waals surface area (Å²) in [4.78, 5) is 0. The third kappa shape index (κ3) is 1.88. The van der Waals surface area contributed by atoms with E-state index in [0.29, 0.717) is 0 Å². The maximum absolute atomic E-state index is 2.36. The first-order chi connectivity index (χ1) is 6.68. The van der Waals surface area contributed by atoms with Gasteiger partial charge in [-0.15, -0.1) is 0 Å². The number of benzene rings is 1. The fourth-order valence-electron chi connectivity index (χ4n) is 1.96. The summed E-state index contributed by atoms with van der Waals surface area (Å²) < 4.78 is 2.49. The quantitative estimate of drug-likeness (QED) is 0.727. The Morgan fingerprint density at radius 3 is 2.64 bits per heavy atom. The molecule has 1 aromatic carbocycles. The summed E-state index contributed by atoms with van der Waals surface area (Å²) >= 11 is -0.372. The van der Waals surface area contributed by atoms with Gasteiger partial charge in [0.1, 0.15) is 0 Å². The molecule has 0 saturated heterocycles. The molecule has 0 aliphatic heterocycles. The van der Waals surface area contributed by atoms with Crippen molar-refractivity contribution in [3.8, 4) is 0 Å². The molecule has 0 heterocycles. The zero-order chi connectivity index (χ0) is 10.1. The molecule has 0 saturated carbocycles. The van der Waals surface area contributed by atoms with Gasteiger partial charge in [0.25, 0.3) is 0 Å². The first kappa shape index (κ1) is 10.2. The number of allylic oxidation sites excluding steroid dienone is 1. The van der Waals surface area contributed by atoms with E-state index in [1.807, 2.05) is 0 Å². The van der Waals surface area contributed by atoms with Crippen molar-refractivity contribution >= 4 is 9.28 Å². The summed E-state index contributed by atoms with van der Waals surface area (Å²) in [6, 6.07) is 8.85. The predicted octanol–water partition coefficient (Wildman–Crippen LogP) is 3.44. The van der Waals surface area contributed by atoms with E-state index in [-0.39, 0.29) is 22.8 Å². The van der Waals surface area contributed by atoms with Gasteiger partial charge in [0.2, 0.25) is 0 Å². The minimum atomic E-state index is -0.372. The zero-order valence-corrected chi connectivity index (χ0v) is 11.4. The molecule has 0 nitrogen and oxygen atoms in total. The fraction of sp³-hybridized carbons (Fsp3) is 0.308. The van der Waals surface area contributed by atoms with Crippen LogP contribution >= 0.6 is 0 Å². The summed E-state index contributed by atoms with van der Waals surface area (Å²) in [5.74, 6) is 0. The molecular weight excluding hydrogens is 247 g/mol. The van der Waals surface area contributed by atoms with Crippen LogP contribution in [-0.4, -0.2) is 3.21 Å². The molecule has 2 rings (SSSR count). The first-order valence-electron chi connectivity index (χ1n) is 5.02. The van der Waals surface area contributed by atoms with E-state index in [4.69, 9.17) is 0 Å². The molecule has 0 amide bonds. The van der Waals surface area contributed by atoms with Crippen molar-refractivity contribution in [3.05, 3.63) is 41.0 Å². The van der Waals surface area contributed by atoms with Gasteiger partial charge in [-0.1, -0.05) is 0 Å². The van der Waals surface area contributed by atoms with Crippen LogP contribution in [0.5, 0.6) is 0 Å². The van der Waals surface area contributed by atoms with Crippen LogP contribution in [-0.2, 0) is 22.8 Å². The van der Waals surface area contributed by atoms with Crippen LogP contribution < -0.4 is 0 Å². The Kier molecular flexibility index (Phi) is 2.97. The molecule has 0 spiro atoms. The van der Waals surface area contributed by atoms with Crippen molar-refractivity contribution in [3.63, 3.8) is 0 Å². The van der Waals surface area contributed by atoms with Gasteiger partial charge in [-0.25, -0.2) is 0 Å². The Labute approximate surface area is 97.1 Å². The molecule has 0 fully saturated rings. The molecule has 1 aliphatic carbocycles. The number of hydrogen-bond donors (Lipinski definition) is 0. The molecule has 1 aliphatic rings. The molecular formula is C13H15Zr. The van der Waals surface area contributed by atoms with Gasteiger partial charge in [0, 0.05) is 0 Å². The van der Waals surface area contributed by atoms with Gasteiger partial charge in [0.15, 0.2) is 0 Å². The van der Waals surface area contributed by atoms with Crippen molar-refractivity contribution in [2.75, 3.05) is 0 Å². The minimum absolute atomic E-state index is 0.372. The second-order valence-electron chi connectivity index (χ2n) is 4.09. The molecule has 0 N–H and O–H groups in total. The molecule has 14 heavy (non-hydrogen) atoms. The van der Waals surface area contributed by atoms with E-state index in [1.165, 1.54) is 5.56 Å². The van der Waals surface area contributed by atoms with Gasteiger partial charge in [-0.2, -0.15) is 0 Å². The Balaban J connectivity index is 2.47. The standard InChI is InChI=1S/C10H9.C3H6.Zr/c1-8-6-9-4-2-3-5-10(9)7-8;1-3-2;/h2-7H,1H3;1-2H3;. The monoisotopic (exact) mass is 261 g/mol. The van der Waals surface area contributed by atoms with Crippen molar-refractivity contribution in [2.24, 2.45) is 0 Å². The summed E-state index contributed by atoms with van der Waals surface area (Å²) in [5.41, 5.74) is 4.62. The average Bonchev–Trinajstić information content (AvgIpc) is 2.43. The van der Waals surface area contributed by atoms with Crippen molar-refractivity contribution in [1.82, 2.24) is 0 Å². The van der Waals surface area contributed by atoms with E-state index in [9.17, 15) is 0 Å². The van der Waals surface area contributed by atoms with Crippen LogP contribution in [0.1, 0.15) is 35.5 Å². The Hall–Kier alpha value is -0.287. The van der Waals surface area contributed by atoms with E-state index < -0.39 is 0 Å². The SMILES string of the molecule is CC1=Cc2ccccc2[CH]1[Zr]=[C](C)C. The summed E-state index contributed by atoms with van der Waals surface area (Å²) in [6.45, 7) is 6.87. The average molecular weight is 262 g/mol. The third-order valence-corrected chi connectivity index (χ3v) is 6.59. The number of hydrogen-bond acceptors (Lipinski definition) is 0. The Bertz CT molecular complexity index is 409. The molecule has 0 bridgehead atoms. The Morgan fingerprint density at radius 2 is 1.93 bits per heavy atom. The predicted molar refractivity (Wildman–Crippen MR) is 59.2 cm³/mol. The van der Waals surface area contributed by atoms with Gasteiger partial charge in [-0.05, 0) is 0 Å². The van der Waals surface area contributed by atoms with E-state index in [0.717, 1.165) is 3.63 Å². The van der Waals surface area contributed by atoms with Gasteiger partial charge in [0.05, 0.1) is 0 Å². The number of rotatable bonds is 1. The Morgan fingerprint density at radius 1 is 1.21 bits per heavy atom. The van der Waals surface area contributed by atoms with E-state index in [1.54, 1.807) is 14.3 Å². The summed E-state index contributed by atoms with van der Waals surface area (Å²) in [5, 5.41) is 0. The normalized spacial score (nSPS) is 18.5. The van der Waals surface area contributed by atoms with Gasteiger partial charge >= 0.3 is 97.4 Å². The van der Waals surface area contributed by atoms with E-state index >= 15 is 0 Å². The van der Waals surface area contributed by atoms with Crippen molar-refractivity contribution < 1.29 is 22.8 Å². The maximum atomic E-state index is 2.36. The van der Waals surface area contributed by atoms with Crippen molar-refractivity contribution in [1.29, 1.82) is 0 Å². The van der Waals surface area contributed by atoms with Crippen molar-refractivity contribution in [2.45, 2.75) is 24.4 Å². The second-order valence-corrected chi connectivity index (χ2v) is 8.68. The third-order valence-electron chi connectivity index (χ3n) is 2.58. The van der Waals surface area contributed by atoms with Crippen LogP contribution in [0.2, 0.25) is 0 Å². The number of fused-ring (bicyclic) bond motifs is 1. The van der Waals surface area contributed by atoms with Crippen LogP contribution in [0.3, 0.4) is 0 Å². The molecule has 1 heteroatoms. The van der Waals surface area contributed by atoms with Crippen LogP contribution in [0, 0.1) is 0 Å².